The molecule has 94 valence electrons. The summed E-state index contributed by atoms with van der Waals surface area (Å²) >= 11 is 5.57. The molecule has 0 bridgehead atoms. The molecule has 0 saturated carbocycles. The van der Waals surface area contributed by atoms with E-state index in [9.17, 15) is 14.0 Å². The van der Waals surface area contributed by atoms with Gasteiger partial charge >= 0.3 is 5.69 Å². The number of rotatable bonds is 2. The number of nitrogens with zero attached hydrogens (tertiary/aromatic N) is 1. The van der Waals surface area contributed by atoms with Crippen LogP contribution in [-0.2, 0) is 4.74 Å². The first-order chi connectivity index (χ1) is 8.02. The van der Waals surface area contributed by atoms with Gasteiger partial charge in [0.1, 0.15) is 23.5 Å². The van der Waals surface area contributed by atoms with Crippen LogP contribution >= 0.6 is 11.6 Å². The van der Waals surface area contributed by atoms with Gasteiger partial charge in [0.05, 0.1) is 6.61 Å². The van der Waals surface area contributed by atoms with Crippen LogP contribution in [0, 0.1) is 0 Å². The molecule has 0 radical (unpaired) electrons. The third-order valence-corrected chi connectivity index (χ3v) is 2.85. The molecule has 2 heterocycles. The minimum Gasteiger partial charge on any atom is -0.394 e. The van der Waals surface area contributed by atoms with Gasteiger partial charge in [-0.1, -0.05) is 11.6 Å². The second kappa shape index (κ2) is 4.59. The van der Waals surface area contributed by atoms with Crippen LogP contribution in [0.4, 0.5) is 4.39 Å². The maximum absolute atomic E-state index is 13.3. The zero-order valence-electron chi connectivity index (χ0n) is 8.60. The Hall–Kier alpha value is -1.18. The van der Waals surface area contributed by atoms with Crippen molar-refractivity contribution >= 4 is 11.6 Å². The van der Waals surface area contributed by atoms with Gasteiger partial charge in [0.25, 0.3) is 5.56 Å². The van der Waals surface area contributed by atoms with Gasteiger partial charge in [-0.2, -0.15) is 0 Å². The van der Waals surface area contributed by atoms with Crippen LogP contribution in [0.3, 0.4) is 0 Å². The number of ether oxygens (including phenoxy) is 1. The zero-order valence-corrected chi connectivity index (χ0v) is 9.35. The SMILES string of the molecule is O=c1[nH]c(=O)n([C@H]2C[C@@H](F)[C@H](CO)O2)cc1Cl. The second-order valence-corrected chi connectivity index (χ2v) is 4.11. The number of halogens is 2. The highest BCUT2D eigenvalue weighted by Crippen LogP contribution is 2.29. The van der Waals surface area contributed by atoms with Crippen molar-refractivity contribution in [1.29, 1.82) is 0 Å². The van der Waals surface area contributed by atoms with Gasteiger partial charge in [0.2, 0.25) is 0 Å². The fraction of sp³-hybridized carbons (Fsp3) is 0.556. The molecule has 0 spiro atoms. The lowest BCUT2D eigenvalue weighted by Crippen LogP contribution is -2.32. The van der Waals surface area contributed by atoms with Gasteiger partial charge in [-0.05, 0) is 0 Å². The van der Waals surface area contributed by atoms with Crippen LogP contribution in [0.25, 0.3) is 0 Å². The van der Waals surface area contributed by atoms with Gasteiger partial charge in [0, 0.05) is 12.6 Å². The first kappa shape index (κ1) is 12.3. The fourth-order valence-corrected chi connectivity index (χ4v) is 1.85. The number of aromatic amines is 1. The van der Waals surface area contributed by atoms with Gasteiger partial charge in [-0.25, -0.2) is 9.18 Å². The molecule has 1 aliphatic heterocycles. The molecule has 1 fully saturated rings. The third kappa shape index (κ3) is 2.26. The molecule has 0 aromatic carbocycles. The van der Waals surface area contributed by atoms with Gasteiger partial charge in [-0.3, -0.25) is 14.3 Å². The van der Waals surface area contributed by atoms with Crippen molar-refractivity contribution in [2.24, 2.45) is 0 Å². The van der Waals surface area contributed by atoms with Crippen molar-refractivity contribution in [3.63, 3.8) is 0 Å². The number of alkyl halides is 1. The summed E-state index contributed by atoms with van der Waals surface area (Å²) in [6, 6.07) is 0. The third-order valence-electron chi connectivity index (χ3n) is 2.58. The van der Waals surface area contributed by atoms with E-state index in [0.29, 0.717) is 0 Å². The van der Waals surface area contributed by atoms with E-state index >= 15 is 0 Å². The molecule has 0 aliphatic carbocycles. The highest BCUT2D eigenvalue weighted by Gasteiger charge is 2.36. The Morgan fingerprint density at radius 2 is 2.35 bits per heavy atom. The number of aliphatic hydroxyl groups is 1. The van der Waals surface area contributed by atoms with Crippen LogP contribution in [0.5, 0.6) is 0 Å². The summed E-state index contributed by atoms with van der Waals surface area (Å²) in [5, 5.41) is 8.65. The van der Waals surface area contributed by atoms with Crippen LogP contribution in [0.15, 0.2) is 15.8 Å². The average molecular weight is 265 g/mol. The summed E-state index contributed by atoms with van der Waals surface area (Å²) in [6.07, 6.45) is -2.17. The number of aliphatic hydroxyl groups excluding tert-OH is 1. The molecule has 1 aliphatic rings. The van der Waals surface area contributed by atoms with E-state index < -0.39 is 36.4 Å². The largest absolute Gasteiger partial charge is 0.394 e. The lowest BCUT2D eigenvalue weighted by molar-refractivity contribution is -0.0356. The summed E-state index contributed by atoms with van der Waals surface area (Å²) in [6.45, 7) is -0.469. The second-order valence-electron chi connectivity index (χ2n) is 3.71. The summed E-state index contributed by atoms with van der Waals surface area (Å²) in [5.41, 5.74) is -1.43. The van der Waals surface area contributed by atoms with E-state index in [4.69, 9.17) is 21.4 Å². The predicted molar refractivity (Wildman–Crippen MR) is 56.8 cm³/mol. The van der Waals surface area contributed by atoms with Crippen LogP contribution in [-0.4, -0.2) is 33.5 Å². The Bertz CT molecular complexity index is 528. The summed E-state index contributed by atoms with van der Waals surface area (Å²) in [4.78, 5) is 24.5. The number of H-pyrrole nitrogens is 1. The molecule has 1 saturated heterocycles. The summed E-state index contributed by atoms with van der Waals surface area (Å²) < 4.78 is 19.5. The number of hydrogen-bond acceptors (Lipinski definition) is 4. The van der Waals surface area contributed by atoms with E-state index in [2.05, 4.69) is 0 Å². The first-order valence-electron chi connectivity index (χ1n) is 4.94. The molecule has 1 aromatic rings. The number of hydrogen-bond donors (Lipinski definition) is 2. The molecule has 3 atom stereocenters. The monoisotopic (exact) mass is 264 g/mol. The molecule has 6 nitrogen and oxygen atoms in total. The van der Waals surface area contributed by atoms with Crippen molar-refractivity contribution in [3.05, 3.63) is 32.1 Å². The number of nitrogens with one attached hydrogen (secondary N) is 1. The molecular weight excluding hydrogens is 255 g/mol. The molecule has 8 heteroatoms. The zero-order chi connectivity index (χ0) is 12.6. The lowest BCUT2D eigenvalue weighted by Gasteiger charge is -2.14. The predicted octanol–water partition coefficient (Wildman–Crippen LogP) is -0.192. The molecule has 2 rings (SSSR count). The highest BCUT2D eigenvalue weighted by atomic mass is 35.5. The van der Waals surface area contributed by atoms with Crippen molar-refractivity contribution in [1.82, 2.24) is 9.55 Å². The molecule has 0 unspecified atom stereocenters. The molecule has 0 amide bonds. The van der Waals surface area contributed by atoms with E-state index in [1.54, 1.807) is 0 Å². The van der Waals surface area contributed by atoms with Gasteiger partial charge in [0.15, 0.2) is 0 Å². The maximum atomic E-state index is 13.3. The van der Waals surface area contributed by atoms with E-state index in [1.807, 2.05) is 4.98 Å². The molecule has 17 heavy (non-hydrogen) atoms. The maximum Gasteiger partial charge on any atom is 0.330 e. The van der Waals surface area contributed by atoms with Crippen LogP contribution in [0.1, 0.15) is 12.6 Å². The smallest absolute Gasteiger partial charge is 0.330 e. The lowest BCUT2D eigenvalue weighted by atomic mass is 10.2. The normalized spacial score (nSPS) is 28.5. The Labute approximate surface area is 99.6 Å². The standard InChI is InChI=1S/C9H10ClFN2O4/c10-4-2-13(9(16)12-8(4)15)7-1-5(11)6(3-14)17-7/h2,5-7,14H,1,3H2,(H,12,15,16)/t5-,6+,7-/m1/s1. The summed E-state index contributed by atoms with van der Waals surface area (Å²) in [7, 11) is 0. The van der Waals surface area contributed by atoms with Crippen LogP contribution in [0.2, 0.25) is 5.02 Å². The average Bonchev–Trinajstić information content (AvgIpc) is 2.65. The molecule has 1 aromatic heterocycles. The molecular formula is C9H10ClFN2O4. The highest BCUT2D eigenvalue weighted by molar-refractivity contribution is 6.30. The van der Waals surface area contributed by atoms with E-state index in [1.165, 1.54) is 0 Å². The minimum absolute atomic E-state index is 0.0759. The minimum atomic E-state index is -1.36. The van der Waals surface area contributed by atoms with Crippen LogP contribution < -0.4 is 11.2 Å². The van der Waals surface area contributed by atoms with Crippen molar-refractivity contribution in [2.75, 3.05) is 6.61 Å². The first-order valence-corrected chi connectivity index (χ1v) is 5.32. The molecule has 2 N–H and O–H groups in total. The fourth-order valence-electron chi connectivity index (χ4n) is 1.70. The quantitative estimate of drug-likeness (QED) is 0.775. The Morgan fingerprint density at radius 1 is 1.65 bits per heavy atom. The Morgan fingerprint density at radius 3 is 2.94 bits per heavy atom. The van der Waals surface area contributed by atoms with Crippen molar-refractivity contribution in [2.45, 2.75) is 24.9 Å². The van der Waals surface area contributed by atoms with E-state index in [-0.39, 0.29) is 11.4 Å². The Kier molecular flexibility index (Phi) is 3.32. The van der Waals surface area contributed by atoms with Crippen molar-refractivity contribution in [3.8, 4) is 0 Å². The van der Waals surface area contributed by atoms with E-state index in [0.717, 1.165) is 10.8 Å². The van der Waals surface area contributed by atoms with Gasteiger partial charge < -0.3 is 9.84 Å². The van der Waals surface area contributed by atoms with Gasteiger partial charge in [-0.15, -0.1) is 0 Å². The van der Waals surface area contributed by atoms with Crippen molar-refractivity contribution < 1.29 is 14.2 Å². The summed E-state index contributed by atoms with van der Waals surface area (Å²) in [5.74, 6) is 0. The Balaban J connectivity index is 2.34. The topological polar surface area (TPSA) is 84.3 Å². The number of aromatic nitrogens is 2.